The average molecular weight is 204 g/mol. The van der Waals surface area contributed by atoms with Crippen molar-refractivity contribution in [2.45, 2.75) is 38.1 Å². The molecule has 0 heterocycles. The first-order chi connectivity index (χ1) is 7.38. The molecule has 0 saturated heterocycles. The van der Waals surface area contributed by atoms with Gasteiger partial charge in [-0.2, -0.15) is 0 Å². The standard InChI is InChI=1S/C13H18NO/c1-15-13-9-5-8-12(10-13)14-11-6-3-2-4-7-11/h5,8,10-11,14H,2-4,6-7H2,1H3. The summed E-state index contributed by atoms with van der Waals surface area (Å²) in [6, 6.07) is 9.65. The van der Waals surface area contributed by atoms with E-state index in [1.807, 2.05) is 12.1 Å². The molecule has 0 aromatic heterocycles. The van der Waals surface area contributed by atoms with Gasteiger partial charge in [0, 0.05) is 23.9 Å². The molecule has 2 rings (SSSR count). The van der Waals surface area contributed by atoms with Crippen molar-refractivity contribution in [2.75, 3.05) is 12.4 Å². The molecule has 1 aliphatic rings. The van der Waals surface area contributed by atoms with Gasteiger partial charge in [0.25, 0.3) is 0 Å². The lowest BCUT2D eigenvalue weighted by atomic mass is 9.95. The van der Waals surface area contributed by atoms with Crippen LogP contribution in [-0.4, -0.2) is 13.2 Å². The van der Waals surface area contributed by atoms with Crippen LogP contribution in [0.5, 0.6) is 5.75 Å². The summed E-state index contributed by atoms with van der Waals surface area (Å²) in [5, 5.41) is 3.56. The van der Waals surface area contributed by atoms with Crippen molar-refractivity contribution in [1.82, 2.24) is 0 Å². The SMILES string of the molecule is COc1[c]ccc(NC2CCCCC2)c1. The van der Waals surface area contributed by atoms with E-state index >= 15 is 0 Å². The van der Waals surface area contributed by atoms with Gasteiger partial charge in [-0.15, -0.1) is 0 Å². The summed E-state index contributed by atoms with van der Waals surface area (Å²) < 4.78 is 5.15. The van der Waals surface area contributed by atoms with Crippen molar-refractivity contribution in [3.05, 3.63) is 24.3 Å². The number of rotatable bonds is 3. The molecule has 2 heteroatoms. The molecule has 0 aliphatic heterocycles. The highest BCUT2D eigenvalue weighted by Gasteiger charge is 2.12. The molecule has 15 heavy (non-hydrogen) atoms. The molecule has 0 spiro atoms. The monoisotopic (exact) mass is 204 g/mol. The van der Waals surface area contributed by atoms with Gasteiger partial charge < -0.3 is 10.1 Å². The van der Waals surface area contributed by atoms with Crippen LogP contribution in [0.3, 0.4) is 0 Å². The number of hydrogen-bond acceptors (Lipinski definition) is 2. The second-order valence-corrected chi connectivity index (χ2v) is 4.12. The van der Waals surface area contributed by atoms with E-state index < -0.39 is 0 Å². The summed E-state index contributed by atoms with van der Waals surface area (Å²) in [7, 11) is 1.68. The van der Waals surface area contributed by atoms with Crippen molar-refractivity contribution in [3.8, 4) is 5.75 Å². The molecule has 1 fully saturated rings. The van der Waals surface area contributed by atoms with Crippen LogP contribution in [0.2, 0.25) is 0 Å². The minimum Gasteiger partial charge on any atom is -0.496 e. The van der Waals surface area contributed by atoms with Crippen LogP contribution < -0.4 is 10.1 Å². The van der Waals surface area contributed by atoms with E-state index in [9.17, 15) is 0 Å². The second-order valence-electron chi connectivity index (χ2n) is 4.12. The fourth-order valence-electron chi connectivity index (χ4n) is 2.13. The number of hydrogen-bond donors (Lipinski definition) is 1. The van der Waals surface area contributed by atoms with Gasteiger partial charge in [0.15, 0.2) is 0 Å². The molecule has 1 aromatic carbocycles. The van der Waals surface area contributed by atoms with Gasteiger partial charge in [-0.1, -0.05) is 19.3 Å². The molecule has 1 aromatic rings. The van der Waals surface area contributed by atoms with Gasteiger partial charge >= 0.3 is 0 Å². The van der Waals surface area contributed by atoms with Gasteiger partial charge in [0.2, 0.25) is 0 Å². The normalized spacial score (nSPS) is 17.4. The maximum absolute atomic E-state index is 5.15. The highest BCUT2D eigenvalue weighted by Crippen LogP contribution is 2.23. The van der Waals surface area contributed by atoms with Crippen LogP contribution in [0.1, 0.15) is 32.1 Å². The van der Waals surface area contributed by atoms with E-state index in [-0.39, 0.29) is 0 Å². The van der Waals surface area contributed by atoms with E-state index in [2.05, 4.69) is 17.4 Å². The lowest BCUT2D eigenvalue weighted by Crippen LogP contribution is -2.22. The lowest BCUT2D eigenvalue weighted by molar-refractivity contribution is 0.413. The summed E-state index contributed by atoms with van der Waals surface area (Å²) in [5.41, 5.74) is 1.15. The topological polar surface area (TPSA) is 21.3 Å². The Hall–Kier alpha value is -1.18. The smallest absolute Gasteiger partial charge is 0.128 e. The third-order valence-electron chi connectivity index (χ3n) is 2.97. The fourth-order valence-corrected chi connectivity index (χ4v) is 2.13. The average Bonchev–Trinajstić information content (AvgIpc) is 2.31. The zero-order valence-electron chi connectivity index (χ0n) is 9.25. The molecule has 1 radical (unpaired) electrons. The van der Waals surface area contributed by atoms with E-state index in [1.54, 1.807) is 7.11 Å². The molecule has 0 bridgehead atoms. The second kappa shape index (κ2) is 5.06. The maximum atomic E-state index is 5.15. The Morgan fingerprint density at radius 3 is 2.87 bits per heavy atom. The molecule has 1 saturated carbocycles. The van der Waals surface area contributed by atoms with Gasteiger partial charge in [0.1, 0.15) is 5.75 Å². The Kier molecular flexibility index (Phi) is 3.49. The Morgan fingerprint density at radius 2 is 2.13 bits per heavy atom. The first-order valence-electron chi connectivity index (χ1n) is 5.71. The number of nitrogens with one attached hydrogen (secondary N) is 1. The summed E-state index contributed by atoms with van der Waals surface area (Å²) in [6.45, 7) is 0. The Balaban J connectivity index is 1.96. The van der Waals surface area contributed by atoms with Crippen LogP contribution in [-0.2, 0) is 0 Å². The predicted molar refractivity (Wildman–Crippen MR) is 62.3 cm³/mol. The number of benzene rings is 1. The third-order valence-corrected chi connectivity index (χ3v) is 2.97. The summed E-state index contributed by atoms with van der Waals surface area (Å²) in [5.74, 6) is 0.802. The van der Waals surface area contributed by atoms with E-state index in [0.29, 0.717) is 6.04 Å². The van der Waals surface area contributed by atoms with E-state index in [0.717, 1.165) is 11.4 Å². The zero-order chi connectivity index (χ0) is 10.5. The van der Waals surface area contributed by atoms with Crippen molar-refractivity contribution in [2.24, 2.45) is 0 Å². The van der Waals surface area contributed by atoms with Gasteiger partial charge in [-0.25, -0.2) is 0 Å². The van der Waals surface area contributed by atoms with Crippen LogP contribution >= 0.6 is 0 Å². The minimum absolute atomic E-state index is 0.644. The van der Waals surface area contributed by atoms with E-state index in [1.165, 1.54) is 32.1 Å². The largest absolute Gasteiger partial charge is 0.496 e. The van der Waals surface area contributed by atoms with Gasteiger partial charge in [-0.3, -0.25) is 0 Å². The number of methoxy groups -OCH3 is 1. The summed E-state index contributed by atoms with van der Waals surface area (Å²) in [6.07, 6.45) is 6.69. The van der Waals surface area contributed by atoms with Gasteiger partial charge in [0.05, 0.1) is 7.11 Å². The first-order valence-corrected chi connectivity index (χ1v) is 5.71. The highest BCUT2D eigenvalue weighted by atomic mass is 16.5. The van der Waals surface area contributed by atoms with Crippen LogP contribution in [0.25, 0.3) is 0 Å². The highest BCUT2D eigenvalue weighted by molar-refractivity contribution is 5.48. The molecule has 2 nitrogen and oxygen atoms in total. The van der Waals surface area contributed by atoms with Crippen molar-refractivity contribution < 1.29 is 4.74 Å². The summed E-state index contributed by atoms with van der Waals surface area (Å²) >= 11 is 0. The minimum atomic E-state index is 0.644. The molecule has 0 amide bonds. The van der Waals surface area contributed by atoms with Crippen molar-refractivity contribution in [3.63, 3.8) is 0 Å². The quantitative estimate of drug-likeness (QED) is 0.816. The third kappa shape index (κ3) is 2.88. The summed E-state index contributed by atoms with van der Waals surface area (Å²) in [4.78, 5) is 0. The molecule has 1 aliphatic carbocycles. The lowest BCUT2D eigenvalue weighted by Gasteiger charge is -2.23. The Labute approximate surface area is 91.6 Å². The van der Waals surface area contributed by atoms with Crippen LogP contribution in [0.4, 0.5) is 5.69 Å². The predicted octanol–water partition coefficient (Wildman–Crippen LogP) is 3.24. The van der Waals surface area contributed by atoms with Gasteiger partial charge in [-0.05, 0) is 25.0 Å². The van der Waals surface area contributed by atoms with Crippen molar-refractivity contribution >= 4 is 5.69 Å². The van der Waals surface area contributed by atoms with Crippen LogP contribution in [0, 0.1) is 6.07 Å². The Bertz CT molecular complexity index is 305. The fraction of sp³-hybridized carbons (Fsp3) is 0.538. The molecule has 1 N–H and O–H groups in total. The maximum Gasteiger partial charge on any atom is 0.128 e. The number of ether oxygens (including phenoxy) is 1. The van der Waals surface area contributed by atoms with Crippen LogP contribution in [0.15, 0.2) is 18.2 Å². The van der Waals surface area contributed by atoms with E-state index in [4.69, 9.17) is 4.74 Å². The Morgan fingerprint density at radius 1 is 1.33 bits per heavy atom. The first kappa shape index (κ1) is 10.3. The van der Waals surface area contributed by atoms with Crippen molar-refractivity contribution in [1.29, 1.82) is 0 Å². The molecular weight excluding hydrogens is 186 g/mol. The molecule has 81 valence electrons. The molecule has 0 unspecified atom stereocenters. The molecular formula is C13H18NO. The molecule has 0 atom stereocenters. The number of anilines is 1. The zero-order valence-corrected chi connectivity index (χ0v) is 9.25.